The third-order valence-corrected chi connectivity index (χ3v) is 5.60. The number of hydrogen-bond donors (Lipinski definition) is 0. The van der Waals surface area contributed by atoms with Gasteiger partial charge in [0.1, 0.15) is 5.75 Å². The van der Waals surface area contributed by atoms with Crippen LogP contribution in [-0.2, 0) is 5.41 Å². The van der Waals surface area contributed by atoms with E-state index in [4.69, 9.17) is 4.74 Å². The maximum Gasteiger partial charge on any atom is 0.119 e. The summed E-state index contributed by atoms with van der Waals surface area (Å²) in [4.78, 5) is 1.39. The highest BCUT2D eigenvalue weighted by Crippen LogP contribution is 2.40. The Hall–Kier alpha value is -1.80. The monoisotopic (exact) mass is 296 g/mol. The first-order valence-corrected chi connectivity index (χ1v) is 7.98. The Balaban J connectivity index is 2.14. The standard InChI is InChI=1S/C19H20OS/c1-13-9-10-15(20-4)12-16(13)19(2,3)18-11-14-7-5-6-8-17(14)21-18/h5-12H,1-4H3. The van der Waals surface area contributed by atoms with E-state index in [1.165, 1.54) is 26.1 Å². The fraction of sp³-hybridized carbons (Fsp3) is 0.263. The maximum atomic E-state index is 5.40. The number of methoxy groups -OCH3 is 1. The Morgan fingerprint density at radius 1 is 1.00 bits per heavy atom. The second kappa shape index (κ2) is 5.19. The Morgan fingerprint density at radius 2 is 1.76 bits per heavy atom. The molecule has 0 N–H and O–H groups in total. The predicted molar refractivity (Wildman–Crippen MR) is 91.7 cm³/mol. The quantitative estimate of drug-likeness (QED) is 0.616. The van der Waals surface area contributed by atoms with Crippen LogP contribution in [0, 0.1) is 6.92 Å². The van der Waals surface area contributed by atoms with Gasteiger partial charge < -0.3 is 4.74 Å². The van der Waals surface area contributed by atoms with Gasteiger partial charge in [0.25, 0.3) is 0 Å². The highest BCUT2D eigenvalue weighted by molar-refractivity contribution is 7.19. The van der Waals surface area contributed by atoms with E-state index in [-0.39, 0.29) is 5.41 Å². The zero-order valence-corrected chi connectivity index (χ0v) is 13.8. The molecule has 21 heavy (non-hydrogen) atoms. The summed E-state index contributed by atoms with van der Waals surface area (Å²) >= 11 is 1.88. The predicted octanol–water partition coefficient (Wildman–Crippen LogP) is 5.54. The second-order valence-electron chi connectivity index (χ2n) is 5.95. The Labute approximate surface area is 130 Å². The molecule has 0 amide bonds. The molecule has 0 spiro atoms. The van der Waals surface area contributed by atoms with Crippen LogP contribution in [0.1, 0.15) is 29.9 Å². The van der Waals surface area contributed by atoms with Crippen molar-refractivity contribution in [2.24, 2.45) is 0 Å². The Morgan fingerprint density at radius 3 is 2.48 bits per heavy atom. The molecule has 108 valence electrons. The van der Waals surface area contributed by atoms with E-state index in [1.807, 2.05) is 17.4 Å². The third-order valence-electron chi connectivity index (χ3n) is 4.16. The molecule has 3 aromatic rings. The average molecular weight is 296 g/mol. The van der Waals surface area contributed by atoms with E-state index in [0.29, 0.717) is 0 Å². The van der Waals surface area contributed by atoms with Crippen molar-refractivity contribution in [2.75, 3.05) is 7.11 Å². The molecule has 0 fully saturated rings. The normalized spacial score (nSPS) is 11.8. The highest BCUT2D eigenvalue weighted by atomic mass is 32.1. The minimum absolute atomic E-state index is 0.0255. The first-order valence-electron chi connectivity index (χ1n) is 7.16. The van der Waals surface area contributed by atoms with Gasteiger partial charge in [0.15, 0.2) is 0 Å². The zero-order valence-electron chi connectivity index (χ0n) is 12.9. The van der Waals surface area contributed by atoms with Gasteiger partial charge in [-0.05, 0) is 47.7 Å². The lowest BCUT2D eigenvalue weighted by Gasteiger charge is -2.26. The lowest BCUT2D eigenvalue weighted by Crippen LogP contribution is -2.18. The smallest absolute Gasteiger partial charge is 0.119 e. The molecule has 3 rings (SSSR count). The minimum atomic E-state index is -0.0255. The second-order valence-corrected chi connectivity index (χ2v) is 7.04. The van der Waals surface area contributed by atoms with Crippen LogP contribution in [0.5, 0.6) is 5.75 Å². The van der Waals surface area contributed by atoms with E-state index in [0.717, 1.165) is 5.75 Å². The van der Waals surface area contributed by atoms with Crippen LogP contribution in [-0.4, -0.2) is 7.11 Å². The summed E-state index contributed by atoms with van der Waals surface area (Å²) in [6.45, 7) is 6.75. The Kier molecular flexibility index (Phi) is 3.50. The lowest BCUT2D eigenvalue weighted by atomic mass is 9.80. The zero-order chi connectivity index (χ0) is 15.0. The molecule has 1 heterocycles. The van der Waals surface area contributed by atoms with Gasteiger partial charge in [0.05, 0.1) is 7.11 Å². The van der Waals surface area contributed by atoms with Gasteiger partial charge in [0, 0.05) is 15.0 Å². The molecule has 0 atom stereocenters. The summed E-state index contributed by atoms with van der Waals surface area (Å²) in [5.41, 5.74) is 2.61. The van der Waals surface area contributed by atoms with Crippen molar-refractivity contribution in [3.8, 4) is 5.75 Å². The average Bonchev–Trinajstić information content (AvgIpc) is 2.92. The van der Waals surface area contributed by atoms with Crippen molar-refractivity contribution < 1.29 is 4.74 Å². The van der Waals surface area contributed by atoms with E-state index in [1.54, 1.807) is 7.11 Å². The van der Waals surface area contributed by atoms with Crippen LogP contribution in [0.15, 0.2) is 48.5 Å². The molecule has 0 saturated heterocycles. The van der Waals surface area contributed by atoms with Gasteiger partial charge in [-0.25, -0.2) is 0 Å². The molecule has 0 aliphatic rings. The van der Waals surface area contributed by atoms with E-state index in [9.17, 15) is 0 Å². The van der Waals surface area contributed by atoms with Crippen molar-refractivity contribution in [2.45, 2.75) is 26.2 Å². The number of ether oxygens (including phenoxy) is 1. The summed E-state index contributed by atoms with van der Waals surface area (Å²) in [6, 6.07) is 17.2. The molecular weight excluding hydrogens is 276 g/mol. The van der Waals surface area contributed by atoms with Gasteiger partial charge in [-0.3, -0.25) is 0 Å². The van der Waals surface area contributed by atoms with Gasteiger partial charge >= 0.3 is 0 Å². The van der Waals surface area contributed by atoms with Crippen LogP contribution >= 0.6 is 11.3 Å². The van der Waals surface area contributed by atoms with Crippen LogP contribution in [0.2, 0.25) is 0 Å². The molecule has 2 heteroatoms. The van der Waals surface area contributed by atoms with Gasteiger partial charge in [-0.1, -0.05) is 38.1 Å². The van der Waals surface area contributed by atoms with Crippen LogP contribution in [0.25, 0.3) is 10.1 Å². The van der Waals surface area contributed by atoms with Gasteiger partial charge in [-0.15, -0.1) is 11.3 Å². The topological polar surface area (TPSA) is 9.23 Å². The summed E-state index contributed by atoms with van der Waals surface area (Å²) in [5, 5.41) is 1.33. The molecule has 0 bridgehead atoms. The summed E-state index contributed by atoms with van der Waals surface area (Å²) < 4.78 is 6.75. The number of benzene rings is 2. The fourth-order valence-corrected chi connectivity index (χ4v) is 4.00. The minimum Gasteiger partial charge on any atom is -0.497 e. The van der Waals surface area contributed by atoms with Crippen molar-refractivity contribution in [1.82, 2.24) is 0 Å². The SMILES string of the molecule is COc1ccc(C)c(C(C)(C)c2cc3ccccc3s2)c1. The number of aryl methyl sites for hydroxylation is 1. The molecule has 1 aromatic heterocycles. The number of fused-ring (bicyclic) bond motifs is 1. The third kappa shape index (κ3) is 2.44. The van der Waals surface area contributed by atoms with Crippen molar-refractivity contribution in [3.63, 3.8) is 0 Å². The fourth-order valence-electron chi connectivity index (χ4n) is 2.82. The van der Waals surface area contributed by atoms with Crippen LogP contribution in [0.3, 0.4) is 0 Å². The number of rotatable bonds is 3. The molecule has 0 aliphatic carbocycles. The van der Waals surface area contributed by atoms with Gasteiger partial charge in [-0.2, -0.15) is 0 Å². The first-order chi connectivity index (χ1) is 10.0. The molecular formula is C19H20OS. The van der Waals surface area contributed by atoms with Crippen molar-refractivity contribution >= 4 is 21.4 Å². The summed E-state index contributed by atoms with van der Waals surface area (Å²) in [5.74, 6) is 0.921. The van der Waals surface area contributed by atoms with Crippen molar-refractivity contribution in [3.05, 3.63) is 64.5 Å². The maximum absolute atomic E-state index is 5.40. The lowest BCUT2D eigenvalue weighted by molar-refractivity contribution is 0.413. The van der Waals surface area contributed by atoms with Gasteiger partial charge in [0.2, 0.25) is 0 Å². The first kappa shape index (κ1) is 14.2. The largest absolute Gasteiger partial charge is 0.497 e. The molecule has 1 nitrogen and oxygen atoms in total. The van der Waals surface area contributed by atoms with Crippen LogP contribution < -0.4 is 4.74 Å². The molecule has 0 unspecified atom stereocenters. The molecule has 0 radical (unpaired) electrons. The van der Waals surface area contributed by atoms with Crippen molar-refractivity contribution in [1.29, 1.82) is 0 Å². The summed E-state index contributed by atoms with van der Waals surface area (Å²) in [7, 11) is 1.72. The molecule has 0 saturated carbocycles. The molecule has 2 aromatic carbocycles. The van der Waals surface area contributed by atoms with E-state index < -0.39 is 0 Å². The number of thiophene rings is 1. The van der Waals surface area contributed by atoms with E-state index >= 15 is 0 Å². The van der Waals surface area contributed by atoms with E-state index in [2.05, 4.69) is 63.2 Å². The Bertz CT molecular complexity index is 750. The number of hydrogen-bond acceptors (Lipinski definition) is 2. The summed E-state index contributed by atoms with van der Waals surface area (Å²) in [6.07, 6.45) is 0. The highest BCUT2D eigenvalue weighted by Gasteiger charge is 2.27. The molecule has 0 aliphatic heterocycles. The van der Waals surface area contributed by atoms with Crippen LogP contribution in [0.4, 0.5) is 0 Å².